The molecule has 0 radical (unpaired) electrons. The first-order chi connectivity index (χ1) is 10.6. The molecular formula is C17H17NO4. The summed E-state index contributed by atoms with van der Waals surface area (Å²) in [5, 5.41) is 20.9. The number of methoxy groups -OCH3 is 1. The molecule has 114 valence electrons. The third kappa shape index (κ3) is 3.85. The Morgan fingerprint density at radius 1 is 1.00 bits per heavy atom. The molecule has 2 aromatic carbocycles. The van der Waals surface area contributed by atoms with E-state index in [1.165, 1.54) is 0 Å². The van der Waals surface area contributed by atoms with Gasteiger partial charge in [0.05, 0.1) is 19.2 Å². The number of ether oxygens (including phenoxy) is 1. The van der Waals surface area contributed by atoms with Gasteiger partial charge in [-0.15, -0.1) is 0 Å². The lowest BCUT2D eigenvalue weighted by atomic mass is 10.0. The monoisotopic (exact) mass is 299 g/mol. The number of oxime groups is 1. The van der Waals surface area contributed by atoms with Gasteiger partial charge in [0, 0.05) is 6.42 Å². The molecule has 0 saturated heterocycles. The topological polar surface area (TPSA) is 79.1 Å². The molecule has 5 heteroatoms. The van der Waals surface area contributed by atoms with Crippen LogP contribution in [0.25, 0.3) is 11.1 Å². The van der Waals surface area contributed by atoms with Gasteiger partial charge in [-0.2, -0.15) is 0 Å². The van der Waals surface area contributed by atoms with E-state index in [9.17, 15) is 4.79 Å². The van der Waals surface area contributed by atoms with Crippen molar-refractivity contribution in [3.05, 3.63) is 54.1 Å². The number of hydrogen-bond donors (Lipinski definition) is 2. The van der Waals surface area contributed by atoms with Gasteiger partial charge in [0.1, 0.15) is 5.75 Å². The van der Waals surface area contributed by atoms with Crippen molar-refractivity contribution in [1.29, 1.82) is 0 Å². The summed E-state index contributed by atoms with van der Waals surface area (Å²) in [6, 6.07) is 15.1. The third-order valence-corrected chi connectivity index (χ3v) is 3.34. The maximum atomic E-state index is 10.6. The lowest BCUT2D eigenvalue weighted by molar-refractivity contribution is -0.136. The number of nitrogens with zero attached hydrogens (tertiary/aromatic N) is 1. The minimum atomic E-state index is -0.920. The molecular weight excluding hydrogens is 282 g/mol. The molecule has 0 aromatic heterocycles. The second-order valence-corrected chi connectivity index (χ2v) is 4.75. The molecule has 0 spiro atoms. The summed E-state index contributed by atoms with van der Waals surface area (Å²) in [5.41, 5.74) is 3.13. The molecule has 0 bridgehead atoms. The number of carboxylic acids is 1. The van der Waals surface area contributed by atoms with Gasteiger partial charge in [0.15, 0.2) is 0 Å². The van der Waals surface area contributed by atoms with Gasteiger partial charge in [-0.25, -0.2) is 0 Å². The van der Waals surface area contributed by atoms with E-state index in [1.807, 2.05) is 48.5 Å². The van der Waals surface area contributed by atoms with Crippen LogP contribution in [-0.4, -0.2) is 29.1 Å². The summed E-state index contributed by atoms with van der Waals surface area (Å²) in [4.78, 5) is 10.6. The van der Waals surface area contributed by atoms with Gasteiger partial charge >= 0.3 is 5.97 Å². The number of benzene rings is 2. The van der Waals surface area contributed by atoms with E-state index in [1.54, 1.807) is 7.11 Å². The molecule has 0 amide bonds. The molecule has 2 rings (SSSR count). The quantitative estimate of drug-likeness (QED) is 0.487. The van der Waals surface area contributed by atoms with E-state index in [-0.39, 0.29) is 12.8 Å². The summed E-state index contributed by atoms with van der Waals surface area (Å²) in [5.74, 6) is -0.125. The van der Waals surface area contributed by atoms with E-state index >= 15 is 0 Å². The molecule has 0 saturated carbocycles. The highest BCUT2D eigenvalue weighted by Gasteiger charge is 2.08. The minimum Gasteiger partial charge on any atom is -0.497 e. The fourth-order valence-corrected chi connectivity index (χ4v) is 2.12. The Morgan fingerprint density at radius 2 is 1.55 bits per heavy atom. The van der Waals surface area contributed by atoms with E-state index in [0.717, 1.165) is 16.9 Å². The summed E-state index contributed by atoms with van der Waals surface area (Å²) < 4.78 is 5.12. The van der Waals surface area contributed by atoms with Crippen LogP contribution in [0.3, 0.4) is 0 Å². The summed E-state index contributed by atoms with van der Waals surface area (Å²) in [7, 11) is 1.62. The maximum Gasteiger partial charge on any atom is 0.303 e. The van der Waals surface area contributed by atoms with Crippen LogP contribution in [0, 0.1) is 0 Å². The molecule has 0 aliphatic heterocycles. The Balaban J connectivity index is 2.16. The van der Waals surface area contributed by atoms with Crippen LogP contribution in [0.4, 0.5) is 0 Å². The van der Waals surface area contributed by atoms with E-state index < -0.39 is 5.97 Å². The molecule has 0 fully saturated rings. The predicted molar refractivity (Wildman–Crippen MR) is 83.6 cm³/mol. The van der Waals surface area contributed by atoms with Crippen molar-refractivity contribution in [3.8, 4) is 16.9 Å². The number of rotatable bonds is 6. The smallest absolute Gasteiger partial charge is 0.303 e. The Kier molecular flexibility index (Phi) is 5.14. The molecule has 22 heavy (non-hydrogen) atoms. The molecule has 0 aliphatic rings. The highest BCUT2D eigenvalue weighted by atomic mass is 16.5. The fourth-order valence-electron chi connectivity index (χ4n) is 2.12. The molecule has 2 N–H and O–H groups in total. The van der Waals surface area contributed by atoms with Crippen LogP contribution in [-0.2, 0) is 4.79 Å². The average molecular weight is 299 g/mol. The Bertz CT molecular complexity index is 660. The van der Waals surface area contributed by atoms with Crippen LogP contribution < -0.4 is 4.74 Å². The van der Waals surface area contributed by atoms with Gasteiger partial charge in [-0.05, 0) is 28.8 Å². The van der Waals surface area contributed by atoms with E-state index in [0.29, 0.717) is 11.3 Å². The first kappa shape index (κ1) is 15.6. The van der Waals surface area contributed by atoms with Crippen LogP contribution in [0.15, 0.2) is 53.7 Å². The predicted octanol–water partition coefficient (Wildman–Crippen LogP) is 3.41. The SMILES string of the molecule is COc1ccc(-c2ccc(/C(CCC(=O)O)=N\O)cc2)cc1. The first-order valence-corrected chi connectivity index (χ1v) is 6.81. The summed E-state index contributed by atoms with van der Waals surface area (Å²) in [6.45, 7) is 0. The second kappa shape index (κ2) is 7.26. The van der Waals surface area contributed by atoms with Crippen LogP contribution in [0.5, 0.6) is 5.75 Å². The van der Waals surface area contributed by atoms with Crippen molar-refractivity contribution in [2.24, 2.45) is 5.16 Å². The zero-order valence-electron chi connectivity index (χ0n) is 12.2. The van der Waals surface area contributed by atoms with Crippen molar-refractivity contribution in [2.45, 2.75) is 12.8 Å². The largest absolute Gasteiger partial charge is 0.497 e. The van der Waals surface area contributed by atoms with Crippen molar-refractivity contribution in [2.75, 3.05) is 7.11 Å². The molecule has 0 aliphatic carbocycles. The van der Waals surface area contributed by atoms with Crippen molar-refractivity contribution < 1.29 is 19.8 Å². The van der Waals surface area contributed by atoms with Gasteiger partial charge in [-0.3, -0.25) is 4.79 Å². The standard InChI is InChI=1S/C17H17NO4/c1-22-15-8-6-13(7-9-15)12-2-4-14(5-3-12)16(18-21)10-11-17(19)20/h2-9,21H,10-11H2,1H3,(H,19,20)/b18-16-. The normalized spacial score (nSPS) is 11.2. The fraction of sp³-hybridized carbons (Fsp3) is 0.176. The zero-order valence-corrected chi connectivity index (χ0v) is 12.2. The molecule has 0 unspecified atom stereocenters. The Hall–Kier alpha value is -2.82. The molecule has 0 heterocycles. The first-order valence-electron chi connectivity index (χ1n) is 6.81. The van der Waals surface area contributed by atoms with Crippen LogP contribution >= 0.6 is 0 Å². The number of carboxylic acid groups (broad SMARTS) is 1. The van der Waals surface area contributed by atoms with Crippen molar-refractivity contribution >= 4 is 11.7 Å². The lowest BCUT2D eigenvalue weighted by Crippen LogP contribution is -2.05. The lowest BCUT2D eigenvalue weighted by Gasteiger charge is -2.07. The highest BCUT2D eigenvalue weighted by molar-refractivity contribution is 6.01. The maximum absolute atomic E-state index is 10.6. The number of hydrogen-bond acceptors (Lipinski definition) is 4. The second-order valence-electron chi connectivity index (χ2n) is 4.75. The van der Waals surface area contributed by atoms with Gasteiger partial charge in [-0.1, -0.05) is 41.6 Å². The third-order valence-electron chi connectivity index (χ3n) is 3.34. The van der Waals surface area contributed by atoms with Gasteiger partial charge in [0.2, 0.25) is 0 Å². The van der Waals surface area contributed by atoms with Gasteiger partial charge < -0.3 is 15.1 Å². The molecule has 2 aromatic rings. The summed E-state index contributed by atoms with van der Waals surface area (Å²) in [6.07, 6.45) is 0.118. The summed E-state index contributed by atoms with van der Waals surface area (Å²) >= 11 is 0. The van der Waals surface area contributed by atoms with Gasteiger partial charge in [0.25, 0.3) is 0 Å². The number of aliphatic carboxylic acids is 1. The van der Waals surface area contributed by atoms with Crippen molar-refractivity contribution in [1.82, 2.24) is 0 Å². The average Bonchev–Trinajstić information content (AvgIpc) is 2.56. The Morgan fingerprint density at radius 3 is 2.00 bits per heavy atom. The Labute approximate surface area is 128 Å². The van der Waals surface area contributed by atoms with Crippen LogP contribution in [0.1, 0.15) is 18.4 Å². The minimum absolute atomic E-state index is 0.0698. The molecule has 5 nitrogen and oxygen atoms in total. The van der Waals surface area contributed by atoms with E-state index in [4.69, 9.17) is 15.1 Å². The number of carbonyl (C=O) groups is 1. The van der Waals surface area contributed by atoms with Crippen LogP contribution in [0.2, 0.25) is 0 Å². The molecule has 0 atom stereocenters. The highest BCUT2D eigenvalue weighted by Crippen LogP contribution is 2.23. The van der Waals surface area contributed by atoms with E-state index in [2.05, 4.69) is 5.16 Å². The zero-order chi connectivity index (χ0) is 15.9. The van der Waals surface area contributed by atoms with Crippen molar-refractivity contribution in [3.63, 3.8) is 0 Å².